The van der Waals surface area contributed by atoms with E-state index in [0.29, 0.717) is 23.6 Å². The number of aryl methyl sites for hydroxylation is 1. The lowest BCUT2D eigenvalue weighted by molar-refractivity contribution is -0.384. The number of nitro groups is 1. The summed E-state index contributed by atoms with van der Waals surface area (Å²) in [5, 5.41) is 10.7. The number of carbonyl (C=O) groups is 2. The van der Waals surface area contributed by atoms with Crippen LogP contribution < -0.4 is 0 Å². The zero-order valence-electron chi connectivity index (χ0n) is 13.7. The fraction of sp³-hybridized carbons (Fsp3) is 0.294. The van der Waals surface area contributed by atoms with Gasteiger partial charge in [0.25, 0.3) is 5.69 Å². The molecule has 0 spiro atoms. The van der Waals surface area contributed by atoms with Crippen molar-refractivity contribution in [3.63, 3.8) is 0 Å². The number of nitrogens with zero attached hydrogens (tertiary/aromatic N) is 2. The van der Waals surface area contributed by atoms with Crippen molar-refractivity contribution in [2.75, 3.05) is 6.61 Å². The van der Waals surface area contributed by atoms with Gasteiger partial charge in [-0.15, -0.1) is 0 Å². The molecule has 0 radical (unpaired) electrons. The molecule has 0 aliphatic heterocycles. The van der Waals surface area contributed by atoms with Gasteiger partial charge < -0.3 is 9.30 Å². The second-order valence-electron chi connectivity index (χ2n) is 5.34. The molecule has 24 heavy (non-hydrogen) atoms. The van der Waals surface area contributed by atoms with E-state index in [1.165, 1.54) is 24.3 Å². The van der Waals surface area contributed by atoms with E-state index >= 15 is 0 Å². The van der Waals surface area contributed by atoms with Gasteiger partial charge in [0.15, 0.2) is 0 Å². The van der Waals surface area contributed by atoms with Crippen molar-refractivity contribution in [1.29, 1.82) is 0 Å². The number of esters is 1. The quantitative estimate of drug-likeness (QED) is 0.351. The van der Waals surface area contributed by atoms with Crippen LogP contribution >= 0.6 is 0 Å². The summed E-state index contributed by atoms with van der Waals surface area (Å²) in [6, 6.07) is 7.22. The van der Waals surface area contributed by atoms with Gasteiger partial charge in [0.05, 0.1) is 23.6 Å². The standard InChI is InChI=1S/C17H18N2O5/c1-4-24-15(20)10-14-9-11(2)16(18(14)3)17(21)12-5-7-13(8-6-12)19(22)23/h5-9H,4,10H2,1-3H3. The van der Waals surface area contributed by atoms with Gasteiger partial charge in [0, 0.05) is 30.4 Å². The molecule has 7 heteroatoms. The average molecular weight is 330 g/mol. The molecule has 0 aliphatic carbocycles. The van der Waals surface area contributed by atoms with E-state index in [2.05, 4.69) is 0 Å². The molecule has 126 valence electrons. The molecule has 1 aromatic heterocycles. The number of aromatic nitrogens is 1. The van der Waals surface area contributed by atoms with Gasteiger partial charge in [0.1, 0.15) is 0 Å². The minimum Gasteiger partial charge on any atom is -0.466 e. The largest absolute Gasteiger partial charge is 0.466 e. The number of non-ortho nitro benzene ring substituents is 1. The Morgan fingerprint density at radius 1 is 1.25 bits per heavy atom. The lowest BCUT2D eigenvalue weighted by Crippen LogP contribution is -2.14. The number of hydrogen-bond donors (Lipinski definition) is 0. The summed E-state index contributed by atoms with van der Waals surface area (Å²) in [6.07, 6.45) is 0.0821. The van der Waals surface area contributed by atoms with E-state index in [4.69, 9.17) is 4.74 Å². The first-order valence-corrected chi connectivity index (χ1v) is 7.45. The van der Waals surface area contributed by atoms with Crippen molar-refractivity contribution < 1.29 is 19.2 Å². The van der Waals surface area contributed by atoms with Crippen LogP contribution in [-0.2, 0) is 23.0 Å². The Morgan fingerprint density at radius 3 is 2.42 bits per heavy atom. The summed E-state index contributed by atoms with van der Waals surface area (Å²) in [7, 11) is 1.71. The molecule has 0 saturated heterocycles. The highest BCUT2D eigenvalue weighted by Gasteiger charge is 2.20. The highest BCUT2D eigenvalue weighted by Crippen LogP contribution is 2.20. The number of benzene rings is 1. The number of carbonyl (C=O) groups excluding carboxylic acids is 2. The first-order valence-electron chi connectivity index (χ1n) is 7.45. The van der Waals surface area contributed by atoms with E-state index in [1.54, 1.807) is 31.5 Å². The van der Waals surface area contributed by atoms with Gasteiger partial charge in [-0.05, 0) is 37.6 Å². The smallest absolute Gasteiger partial charge is 0.311 e. The summed E-state index contributed by atoms with van der Waals surface area (Å²) < 4.78 is 6.59. The molecule has 2 aromatic rings. The predicted molar refractivity (Wildman–Crippen MR) is 87.0 cm³/mol. The summed E-state index contributed by atoms with van der Waals surface area (Å²) in [4.78, 5) is 34.5. The van der Waals surface area contributed by atoms with E-state index < -0.39 is 4.92 Å². The molecular weight excluding hydrogens is 312 g/mol. The predicted octanol–water partition coefficient (Wildman–Crippen LogP) is 2.58. The van der Waals surface area contributed by atoms with Crippen LogP contribution in [0.3, 0.4) is 0 Å². The molecule has 0 fully saturated rings. The number of nitro benzene ring substituents is 1. The van der Waals surface area contributed by atoms with Crippen LogP contribution in [0.1, 0.15) is 34.2 Å². The molecular formula is C17H18N2O5. The van der Waals surface area contributed by atoms with Gasteiger partial charge in [-0.1, -0.05) is 0 Å². The molecule has 1 heterocycles. The maximum absolute atomic E-state index is 12.7. The molecule has 0 atom stereocenters. The molecule has 1 aromatic carbocycles. The van der Waals surface area contributed by atoms with Crippen LogP contribution in [0.4, 0.5) is 5.69 Å². The van der Waals surface area contributed by atoms with Gasteiger partial charge in [0.2, 0.25) is 5.78 Å². The summed E-state index contributed by atoms with van der Waals surface area (Å²) in [5.74, 6) is -0.604. The van der Waals surface area contributed by atoms with Crippen LogP contribution in [0.2, 0.25) is 0 Å². The highest BCUT2D eigenvalue weighted by molar-refractivity contribution is 6.09. The molecule has 0 N–H and O–H groups in total. The Morgan fingerprint density at radius 2 is 1.88 bits per heavy atom. The third-order valence-corrected chi connectivity index (χ3v) is 3.71. The zero-order chi connectivity index (χ0) is 17.9. The van der Waals surface area contributed by atoms with E-state index in [-0.39, 0.29) is 23.9 Å². The van der Waals surface area contributed by atoms with Crippen molar-refractivity contribution in [1.82, 2.24) is 4.57 Å². The van der Waals surface area contributed by atoms with Crippen molar-refractivity contribution in [3.05, 3.63) is 63.0 Å². The van der Waals surface area contributed by atoms with Crippen LogP contribution in [0, 0.1) is 17.0 Å². The highest BCUT2D eigenvalue weighted by atomic mass is 16.6. The van der Waals surface area contributed by atoms with E-state index in [0.717, 1.165) is 5.56 Å². The summed E-state index contributed by atoms with van der Waals surface area (Å²) >= 11 is 0. The minimum absolute atomic E-state index is 0.0712. The Bertz CT molecular complexity index is 790. The third kappa shape index (κ3) is 3.51. The minimum atomic E-state index is -0.514. The Balaban J connectivity index is 2.31. The Hall–Kier alpha value is -2.96. The number of rotatable bonds is 6. The van der Waals surface area contributed by atoms with Gasteiger partial charge in [-0.2, -0.15) is 0 Å². The molecule has 0 saturated carbocycles. The van der Waals surface area contributed by atoms with Crippen LogP contribution in [0.25, 0.3) is 0 Å². The molecule has 2 rings (SSSR count). The van der Waals surface area contributed by atoms with Crippen LogP contribution in [0.5, 0.6) is 0 Å². The van der Waals surface area contributed by atoms with Crippen molar-refractivity contribution in [2.24, 2.45) is 7.05 Å². The first-order chi connectivity index (χ1) is 11.3. The normalized spacial score (nSPS) is 10.5. The SMILES string of the molecule is CCOC(=O)Cc1cc(C)c(C(=O)c2ccc([N+](=O)[O-])cc2)n1C. The van der Waals surface area contributed by atoms with Crippen LogP contribution in [-0.4, -0.2) is 27.8 Å². The molecule has 0 unspecified atom stereocenters. The number of hydrogen-bond acceptors (Lipinski definition) is 5. The lowest BCUT2D eigenvalue weighted by Gasteiger charge is -2.08. The van der Waals surface area contributed by atoms with Crippen molar-refractivity contribution >= 4 is 17.4 Å². The Kier molecular flexibility index (Phi) is 5.13. The molecule has 0 amide bonds. The second-order valence-corrected chi connectivity index (χ2v) is 5.34. The third-order valence-electron chi connectivity index (χ3n) is 3.71. The summed E-state index contributed by atoms with van der Waals surface area (Å²) in [5.41, 5.74) is 2.14. The van der Waals surface area contributed by atoms with Crippen LogP contribution in [0.15, 0.2) is 30.3 Å². The maximum atomic E-state index is 12.7. The molecule has 0 aliphatic rings. The molecule has 0 bridgehead atoms. The summed E-state index contributed by atoms with van der Waals surface area (Å²) in [6.45, 7) is 3.82. The Labute approximate surface area is 139 Å². The average Bonchev–Trinajstić information content (AvgIpc) is 2.81. The number of ether oxygens (including phenoxy) is 1. The lowest BCUT2D eigenvalue weighted by atomic mass is 10.1. The van der Waals surface area contributed by atoms with Crippen molar-refractivity contribution in [3.8, 4) is 0 Å². The topological polar surface area (TPSA) is 91.4 Å². The van der Waals surface area contributed by atoms with Gasteiger partial charge >= 0.3 is 5.97 Å². The van der Waals surface area contributed by atoms with Gasteiger partial charge in [-0.25, -0.2) is 0 Å². The fourth-order valence-electron chi connectivity index (χ4n) is 2.56. The first kappa shape index (κ1) is 17.4. The maximum Gasteiger partial charge on any atom is 0.311 e. The van der Waals surface area contributed by atoms with Gasteiger partial charge in [-0.3, -0.25) is 19.7 Å². The fourth-order valence-corrected chi connectivity index (χ4v) is 2.56. The van der Waals surface area contributed by atoms with E-state index in [1.807, 2.05) is 0 Å². The van der Waals surface area contributed by atoms with Crippen molar-refractivity contribution in [2.45, 2.75) is 20.3 Å². The zero-order valence-corrected chi connectivity index (χ0v) is 13.7. The second kappa shape index (κ2) is 7.08. The monoisotopic (exact) mass is 330 g/mol. The van der Waals surface area contributed by atoms with E-state index in [9.17, 15) is 19.7 Å². The number of ketones is 1. The molecule has 7 nitrogen and oxygen atoms in total.